The molecule has 4 N–H and O–H groups in total. The Balaban J connectivity index is 1.26. The summed E-state index contributed by atoms with van der Waals surface area (Å²) in [7, 11) is 0. The summed E-state index contributed by atoms with van der Waals surface area (Å²) in [5.41, 5.74) is 0.205. The molecule has 4 aliphatic heterocycles. The van der Waals surface area contributed by atoms with Crippen molar-refractivity contribution in [1.82, 2.24) is 25.2 Å². The van der Waals surface area contributed by atoms with Crippen molar-refractivity contribution >= 4 is 27.5 Å². The van der Waals surface area contributed by atoms with Crippen LogP contribution in [-0.2, 0) is 6.42 Å². The first-order chi connectivity index (χ1) is 22.7. The maximum atomic E-state index is 16.9. The molecule has 10 nitrogen and oxygen atoms in total. The lowest BCUT2D eigenvalue weighted by atomic mass is 9.79. The summed E-state index contributed by atoms with van der Waals surface area (Å²) in [6, 6.07) is 5.93. The summed E-state index contributed by atoms with van der Waals surface area (Å²) >= 11 is 0. The van der Waals surface area contributed by atoms with Gasteiger partial charge in [-0.15, -0.1) is 0 Å². The number of phenols is 1. The molecule has 0 amide bonds. The van der Waals surface area contributed by atoms with Crippen molar-refractivity contribution < 1.29 is 28.8 Å². The Morgan fingerprint density at radius 1 is 1.09 bits per heavy atom. The third-order valence-corrected chi connectivity index (χ3v) is 11.0. The zero-order chi connectivity index (χ0) is 32.5. The minimum atomic E-state index is -0.712. The van der Waals surface area contributed by atoms with Gasteiger partial charge >= 0.3 is 6.01 Å². The SMILES string of the molecule is CCc1c(F)ccc2cc(O)cc(-c3ncc4c(N5CCC[C@]6(CNC(O)C6)C5)nc(OC[C@]56CCCN5C[C@@H](O)C6)nc4c3F)c12. The van der Waals surface area contributed by atoms with Gasteiger partial charge < -0.3 is 25.0 Å². The Kier molecular flexibility index (Phi) is 7.47. The first-order valence-corrected chi connectivity index (χ1v) is 16.7. The Morgan fingerprint density at radius 2 is 1.94 bits per heavy atom. The normalized spacial score (nSPS) is 27.8. The van der Waals surface area contributed by atoms with E-state index in [0.29, 0.717) is 73.0 Å². The molecular formula is C35H40F2N6O4. The lowest BCUT2D eigenvalue weighted by Gasteiger charge is -2.41. The van der Waals surface area contributed by atoms with E-state index in [4.69, 9.17) is 9.72 Å². The summed E-state index contributed by atoms with van der Waals surface area (Å²) in [6.07, 6.45) is 5.88. The molecular weight excluding hydrogens is 606 g/mol. The van der Waals surface area contributed by atoms with E-state index in [1.807, 2.05) is 6.92 Å². The lowest BCUT2D eigenvalue weighted by Crippen LogP contribution is -2.45. The van der Waals surface area contributed by atoms with Crippen LogP contribution in [0.3, 0.4) is 0 Å². The number of benzene rings is 2. The third-order valence-electron chi connectivity index (χ3n) is 11.0. The van der Waals surface area contributed by atoms with Crippen molar-refractivity contribution in [2.45, 2.75) is 69.7 Å². The topological polar surface area (TPSA) is 127 Å². The van der Waals surface area contributed by atoms with E-state index in [2.05, 4.69) is 25.1 Å². The molecule has 0 bridgehead atoms. The number of aromatic hydroxyl groups is 1. The number of hydrogen-bond donors (Lipinski definition) is 4. The number of pyridine rings is 1. The van der Waals surface area contributed by atoms with Gasteiger partial charge in [-0.25, -0.2) is 8.78 Å². The van der Waals surface area contributed by atoms with Crippen molar-refractivity contribution in [2.75, 3.05) is 44.2 Å². The maximum absolute atomic E-state index is 16.9. The zero-order valence-corrected chi connectivity index (χ0v) is 26.5. The molecule has 4 fully saturated rings. The van der Waals surface area contributed by atoms with Gasteiger partial charge in [-0.3, -0.25) is 15.2 Å². The summed E-state index contributed by atoms with van der Waals surface area (Å²) in [6.45, 7) is 5.58. The fourth-order valence-electron chi connectivity index (χ4n) is 8.82. The second-order valence-electron chi connectivity index (χ2n) is 14.0. The van der Waals surface area contributed by atoms with E-state index in [-0.39, 0.29) is 46.1 Å². The number of rotatable bonds is 6. The molecule has 0 radical (unpaired) electrons. The van der Waals surface area contributed by atoms with E-state index in [1.54, 1.807) is 12.3 Å². The Bertz CT molecular complexity index is 1870. The van der Waals surface area contributed by atoms with E-state index >= 15 is 8.78 Å². The molecule has 12 heteroatoms. The molecule has 47 heavy (non-hydrogen) atoms. The number of anilines is 1. The molecule has 6 heterocycles. The molecule has 1 unspecified atom stereocenters. The quantitative estimate of drug-likeness (QED) is 0.241. The number of fused-ring (bicyclic) bond motifs is 3. The van der Waals surface area contributed by atoms with Crippen LogP contribution in [0, 0.1) is 17.0 Å². The number of piperidine rings is 1. The number of nitrogens with zero attached hydrogens (tertiary/aromatic N) is 5. The summed E-state index contributed by atoms with van der Waals surface area (Å²) in [5, 5.41) is 36.0. The van der Waals surface area contributed by atoms with Crippen LogP contribution < -0.4 is 15.0 Å². The first kappa shape index (κ1) is 30.6. The van der Waals surface area contributed by atoms with Gasteiger partial charge in [0.1, 0.15) is 41.4 Å². The monoisotopic (exact) mass is 646 g/mol. The van der Waals surface area contributed by atoms with Crippen molar-refractivity contribution in [3.8, 4) is 23.0 Å². The predicted octanol–water partition coefficient (Wildman–Crippen LogP) is 4.27. The van der Waals surface area contributed by atoms with Crippen LogP contribution in [0.2, 0.25) is 0 Å². The van der Waals surface area contributed by atoms with E-state index < -0.39 is 24.0 Å². The fraction of sp³-hybridized carbons (Fsp3) is 0.514. The molecule has 2 aromatic heterocycles. The highest BCUT2D eigenvalue weighted by molar-refractivity contribution is 6.01. The van der Waals surface area contributed by atoms with Crippen molar-refractivity contribution in [3.05, 3.63) is 47.7 Å². The summed E-state index contributed by atoms with van der Waals surface area (Å²) in [4.78, 5) is 18.5. The van der Waals surface area contributed by atoms with Crippen LogP contribution in [-0.4, -0.2) is 92.4 Å². The van der Waals surface area contributed by atoms with Crippen molar-refractivity contribution in [3.63, 3.8) is 0 Å². The highest BCUT2D eigenvalue weighted by atomic mass is 19.1. The molecule has 4 aliphatic rings. The van der Waals surface area contributed by atoms with E-state index in [1.165, 1.54) is 18.2 Å². The van der Waals surface area contributed by atoms with Gasteiger partial charge in [0, 0.05) is 43.4 Å². The standard InChI is InChI=1S/C35H40F2N6O4/c1-2-23-26(36)6-5-20-11-21(44)12-24(28(20)23)30-29(37)31-25(15-38-30)32(42-9-3-7-34(18-42)14-27(46)39-17-34)41-33(40-31)47-19-35-8-4-10-43(35)16-22(45)13-35/h5-6,11-12,15,22,27,39,44-46H,2-4,7-10,13-14,16-19H2,1H3/t22-,27?,34-,35+/m0/s1. The zero-order valence-electron chi connectivity index (χ0n) is 26.5. The van der Waals surface area contributed by atoms with Crippen molar-refractivity contribution in [2.24, 2.45) is 5.41 Å². The van der Waals surface area contributed by atoms with Gasteiger partial charge in [-0.2, -0.15) is 9.97 Å². The molecule has 4 atom stereocenters. The van der Waals surface area contributed by atoms with Crippen LogP contribution in [0.5, 0.6) is 11.8 Å². The fourth-order valence-corrected chi connectivity index (χ4v) is 8.82. The van der Waals surface area contributed by atoms with Crippen molar-refractivity contribution in [1.29, 1.82) is 0 Å². The van der Waals surface area contributed by atoms with Crippen LogP contribution in [0.25, 0.3) is 32.9 Å². The number of aliphatic hydroxyl groups excluding tert-OH is 2. The largest absolute Gasteiger partial charge is 0.508 e. The Hall–Kier alpha value is -3.71. The van der Waals surface area contributed by atoms with E-state index in [9.17, 15) is 15.3 Å². The number of ether oxygens (including phenoxy) is 1. The molecule has 1 spiro atoms. The maximum Gasteiger partial charge on any atom is 0.319 e. The number of β-amino-alcohol motifs (C(OH)–C–C–N with tert-alkyl or cyclic N) is 1. The molecule has 2 aromatic carbocycles. The Labute approximate surface area is 271 Å². The van der Waals surface area contributed by atoms with Gasteiger partial charge in [0.15, 0.2) is 5.82 Å². The first-order valence-electron chi connectivity index (χ1n) is 16.7. The lowest BCUT2D eigenvalue weighted by molar-refractivity contribution is 0.107. The van der Waals surface area contributed by atoms with Crippen LogP contribution >= 0.6 is 0 Å². The molecule has 0 aliphatic carbocycles. The Morgan fingerprint density at radius 3 is 2.74 bits per heavy atom. The van der Waals surface area contributed by atoms with Crippen LogP contribution in [0.4, 0.5) is 14.6 Å². The highest BCUT2D eigenvalue weighted by Crippen LogP contribution is 2.43. The molecule has 4 saturated heterocycles. The molecule has 0 saturated carbocycles. The van der Waals surface area contributed by atoms with Gasteiger partial charge in [0.05, 0.1) is 17.0 Å². The number of aliphatic hydroxyl groups is 2. The minimum Gasteiger partial charge on any atom is -0.508 e. The number of nitrogens with one attached hydrogen (secondary N) is 1. The second-order valence-corrected chi connectivity index (χ2v) is 14.0. The molecule has 248 valence electrons. The number of hydrogen-bond acceptors (Lipinski definition) is 10. The molecule has 8 rings (SSSR count). The summed E-state index contributed by atoms with van der Waals surface area (Å²) in [5.74, 6) is -0.691. The third kappa shape index (κ3) is 5.16. The number of phenolic OH excluding ortho intramolecular Hbond substituents is 1. The highest BCUT2D eigenvalue weighted by Gasteiger charge is 2.49. The smallest absolute Gasteiger partial charge is 0.319 e. The summed E-state index contributed by atoms with van der Waals surface area (Å²) < 4.78 is 38.3. The van der Waals surface area contributed by atoms with Crippen LogP contribution in [0.1, 0.15) is 51.0 Å². The van der Waals surface area contributed by atoms with Gasteiger partial charge in [-0.05, 0) is 86.0 Å². The minimum absolute atomic E-state index is 0.0254. The number of aromatic nitrogens is 3. The van der Waals surface area contributed by atoms with Gasteiger partial charge in [0.2, 0.25) is 0 Å². The van der Waals surface area contributed by atoms with Gasteiger partial charge in [0.25, 0.3) is 0 Å². The number of halogens is 2. The predicted molar refractivity (Wildman–Crippen MR) is 173 cm³/mol. The van der Waals surface area contributed by atoms with E-state index in [0.717, 1.165) is 32.2 Å². The number of aryl methyl sites for hydroxylation is 1. The van der Waals surface area contributed by atoms with Crippen LogP contribution in [0.15, 0.2) is 30.5 Å². The van der Waals surface area contributed by atoms with Gasteiger partial charge in [-0.1, -0.05) is 13.0 Å². The molecule has 4 aromatic rings. The average molecular weight is 647 g/mol. The second kappa shape index (κ2) is 11.5. The average Bonchev–Trinajstić information content (AvgIpc) is 3.71.